The van der Waals surface area contributed by atoms with Gasteiger partial charge >= 0.3 is 18.1 Å². The monoisotopic (exact) mass is 616 g/mol. The number of hydrogen-bond acceptors (Lipinski definition) is 8. The average Bonchev–Trinajstić information content (AvgIpc) is 2.91. The third kappa shape index (κ3) is 8.52. The lowest BCUT2D eigenvalue weighted by atomic mass is 9.97. The number of esters is 1. The summed E-state index contributed by atoms with van der Waals surface area (Å²) in [7, 11) is 0. The van der Waals surface area contributed by atoms with Crippen molar-refractivity contribution in [2.24, 2.45) is 5.84 Å². The van der Waals surface area contributed by atoms with Crippen LogP contribution in [0, 0.1) is 0 Å². The molecule has 1 unspecified atom stereocenters. The van der Waals surface area contributed by atoms with Crippen molar-refractivity contribution >= 4 is 34.9 Å². The van der Waals surface area contributed by atoms with E-state index in [2.05, 4.69) is 10.1 Å². The number of nitrogen functional groups attached to an aromatic ring is 1. The number of aliphatic hydroxyl groups excluding tert-OH is 1. The number of anilines is 2. The molecule has 226 valence electrons. The van der Waals surface area contributed by atoms with Crippen LogP contribution in [-0.2, 0) is 16.0 Å². The number of nitrogens with zero attached hydrogens (tertiary/aromatic N) is 1. The second kappa shape index (κ2) is 13.3. The maximum Gasteiger partial charge on any atom is 0.456 e. The van der Waals surface area contributed by atoms with E-state index >= 15 is 0 Å². The number of hydrogen-bond donors (Lipinski definition) is 5. The van der Waals surface area contributed by atoms with Gasteiger partial charge in [-0.05, 0) is 53.4 Å². The first-order valence-corrected chi connectivity index (χ1v) is 12.5. The first kappa shape index (κ1) is 32.5. The number of carbonyl (C=O) groups is 2. The molecule has 3 rings (SSSR count). The molecule has 0 aromatic heterocycles. The van der Waals surface area contributed by atoms with E-state index in [0.29, 0.717) is 10.6 Å². The van der Waals surface area contributed by atoms with Gasteiger partial charge in [-0.25, -0.2) is 10.6 Å². The zero-order valence-corrected chi connectivity index (χ0v) is 22.4. The first-order chi connectivity index (χ1) is 19.6. The van der Waals surface area contributed by atoms with Gasteiger partial charge < -0.3 is 20.9 Å². The van der Waals surface area contributed by atoms with Gasteiger partial charge in [0.2, 0.25) is 0 Å². The summed E-state index contributed by atoms with van der Waals surface area (Å²) in [5, 5.41) is 23.1. The predicted octanol–water partition coefficient (Wildman–Crippen LogP) is 4.49. The minimum absolute atomic E-state index is 0.00450. The molecule has 0 saturated carbocycles. The Morgan fingerprint density at radius 3 is 2.26 bits per heavy atom. The molecular formula is C27H26ClF5N4O5. The highest BCUT2D eigenvalue weighted by Crippen LogP contribution is 2.35. The van der Waals surface area contributed by atoms with Crippen molar-refractivity contribution in [3.05, 3.63) is 82.9 Å². The number of carbonyl (C=O) groups excluding carboxylic acids is 2. The van der Waals surface area contributed by atoms with E-state index in [1.54, 1.807) is 42.5 Å². The Kier molecular flexibility index (Phi) is 10.3. The number of aliphatic hydroxyl groups is 1. The van der Waals surface area contributed by atoms with Crippen LogP contribution < -0.4 is 22.1 Å². The smallest absolute Gasteiger partial charge is 0.456 e. The minimum Gasteiger partial charge on any atom is -0.457 e. The molecule has 9 nitrogen and oxygen atoms in total. The van der Waals surface area contributed by atoms with Gasteiger partial charge in [-0.2, -0.15) is 27.1 Å². The van der Waals surface area contributed by atoms with Gasteiger partial charge in [0.1, 0.15) is 5.69 Å². The van der Waals surface area contributed by atoms with Crippen LogP contribution in [-0.4, -0.2) is 53.0 Å². The normalized spacial score (nSPS) is 13.3. The fourth-order valence-electron chi connectivity index (χ4n) is 3.84. The van der Waals surface area contributed by atoms with Crippen LogP contribution in [0.1, 0.15) is 22.3 Å². The Balaban J connectivity index is 1.79. The van der Waals surface area contributed by atoms with Crippen molar-refractivity contribution in [2.45, 2.75) is 37.1 Å². The maximum absolute atomic E-state index is 13.2. The van der Waals surface area contributed by atoms with Crippen molar-refractivity contribution in [1.29, 1.82) is 0 Å². The third-order valence-electron chi connectivity index (χ3n) is 6.06. The average molecular weight is 617 g/mol. The van der Waals surface area contributed by atoms with E-state index in [1.165, 1.54) is 12.1 Å². The maximum atomic E-state index is 13.2. The lowest BCUT2D eigenvalue weighted by molar-refractivity contribution is -0.294. The zero-order valence-electron chi connectivity index (χ0n) is 21.6. The van der Waals surface area contributed by atoms with Crippen LogP contribution in [0.2, 0.25) is 5.02 Å². The van der Waals surface area contributed by atoms with Crippen molar-refractivity contribution in [2.75, 3.05) is 17.5 Å². The minimum atomic E-state index is -5.96. The molecule has 0 aliphatic rings. The van der Waals surface area contributed by atoms with Crippen molar-refractivity contribution in [1.82, 2.24) is 5.32 Å². The number of rotatable bonds is 11. The van der Waals surface area contributed by atoms with Crippen LogP contribution in [0.25, 0.3) is 11.1 Å². The molecule has 2 atom stereocenters. The molecule has 0 aliphatic heterocycles. The van der Waals surface area contributed by atoms with E-state index in [4.69, 9.17) is 23.2 Å². The van der Waals surface area contributed by atoms with E-state index < -0.39 is 49.1 Å². The third-order valence-corrected chi connectivity index (χ3v) is 6.29. The molecule has 0 spiro atoms. The van der Waals surface area contributed by atoms with Crippen LogP contribution >= 0.6 is 11.6 Å². The molecule has 0 radical (unpaired) electrons. The Morgan fingerprint density at radius 2 is 1.67 bits per heavy atom. The van der Waals surface area contributed by atoms with Gasteiger partial charge in [-0.1, -0.05) is 48.0 Å². The topological polar surface area (TPSA) is 151 Å². The molecule has 3 aromatic rings. The van der Waals surface area contributed by atoms with Gasteiger partial charge in [-0.3, -0.25) is 10.0 Å². The van der Waals surface area contributed by atoms with E-state index in [-0.39, 0.29) is 28.5 Å². The molecule has 42 heavy (non-hydrogen) atoms. The van der Waals surface area contributed by atoms with Crippen molar-refractivity contribution in [3.63, 3.8) is 0 Å². The highest BCUT2D eigenvalue weighted by atomic mass is 35.5. The summed E-state index contributed by atoms with van der Waals surface area (Å²) in [6.45, 7) is -2.32. The number of alkyl halides is 5. The Bertz CT molecular complexity index is 1410. The summed E-state index contributed by atoms with van der Waals surface area (Å²) in [6, 6.07) is 16.7. The highest BCUT2D eigenvalue weighted by Gasteiger charge is 2.58. The number of halogens is 6. The summed E-state index contributed by atoms with van der Waals surface area (Å²) in [4.78, 5) is 25.1. The molecule has 15 heteroatoms. The Labute approximate surface area is 241 Å². The van der Waals surface area contributed by atoms with Crippen LogP contribution in [0.15, 0.2) is 66.7 Å². The fraction of sp³-hybridized carbons (Fsp3) is 0.259. The number of nitrogens with two attached hydrogens (primary N) is 2. The molecule has 0 fully saturated rings. The summed E-state index contributed by atoms with van der Waals surface area (Å²) >= 11 is 6.04. The quantitative estimate of drug-likeness (QED) is 0.0695. The zero-order chi connectivity index (χ0) is 31.2. The number of hydrazine groups is 1. The largest absolute Gasteiger partial charge is 0.457 e. The summed E-state index contributed by atoms with van der Waals surface area (Å²) in [6.07, 6.45) is -8.74. The molecule has 0 saturated heterocycles. The summed E-state index contributed by atoms with van der Waals surface area (Å²) < 4.78 is 67.6. The van der Waals surface area contributed by atoms with E-state index in [1.807, 2.05) is 6.07 Å². The van der Waals surface area contributed by atoms with Crippen LogP contribution in [0.3, 0.4) is 0 Å². The lowest BCUT2D eigenvalue weighted by Crippen LogP contribution is -2.44. The molecule has 7 N–H and O–H groups in total. The number of nitrogens with one attached hydrogen (secondary N) is 1. The highest BCUT2D eigenvalue weighted by molar-refractivity contribution is 6.30. The fourth-order valence-corrected chi connectivity index (χ4v) is 4.03. The van der Waals surface area contributed by atoms with Crippen LogP contribution in [0.4, 0.5) is 33.3 Å². The van der Waals surface area contributed by atoms with Crippen LogP contribution in [0.5, 0.6) is 0 Å². The predicted molar refractivity (Wildman–Crippen MR) is 144 cm³/mol. The van der Waals surface area contributed by atoms with Crippen molar-refractivity contribution < 1.29 is 46.6 Å². The molecular weight excluding hydrogens is 591 g/mol. The molecule has 3 aromatic carbocycles. The van der Waals surface area contributed by atoms with E-state index in [0.717, 1.165) is 17.2 Å². The molecule has 0 heterocycles. The lowest BCUT2D eigenvalue weighted by Gasteiger charge is -2.23. The molecule has 0 aliphatic carbocycles. The van der Waals surface area contributed by atoms with Gasteiger partial charge in [0.05, 0.1) is 5.69 Å². The second-order valence-electron chi connectivity index (χ2n) is 9.26. The van der Waals surface area contributed by atoms with Gasteiger partial charge in [-0.15, -0.1) is 0 Å². The number of benzene rings is 3. The second-order valence-corrected chi connectivity index (χ2v) is 9.70. The van der Waals surface area contributed by atoms with Crippen molar-refractivity contribution in [3.8, 4) is 11.1 Å². The standard InChI is InChI=1S/C27H26ClF5N4O5/c28-19-3-1-2-17(11-19)16-6-4-15(5-7-16)10-20(13-23(38)25(40)42-14-26(29,30)27(31,32)33)36-24(39)18-8-9-21(34)22(12-18)37(35)41/h1-9,11-12,20,23,38,41H,10,13-14,34-35H2,(H,36,39)/t20-,23?/m1/s1. The van der Waals surface area contributed by atoms with E-state index in [9.17, 15) is 41.9 Å². The van der Waals surface area contributed by atoms with Gasteiger partial charge in [0.25, 0.3) is 5.91 Å². The van der Waals surface area contributed by atoms with Gasteiger partial charge in [0, 0.05) is 23.0 Å². The molecule has 1 amide bonds. The summed E-state index contributed by atoms with van der Waals surface area (Å²) in [5.41, 5.74) is 7.85. The van der Waals surface area contributed by atoms with Gasteiger partial charge in [0.15, 0.2) is 12.7 Å². The Hall–Kier alpha value is -3.98. The molecule has 0 bridgehead atoms. The number of amides is 1. The number of ether oxygens (including phenoxy) is 1. The Morgan fingerprint density at radius 1 is 1.00 bits per heavy atom. The first-order valence-electron chi connectivity index (χ1n) is 12.2. The summed E-state index contributed by atoms with van der Waals surface area (Å²) in [5.74, 6) is -2.52. The SMILES string of the molecule is Nc1ccc(C(=O)N[C@H](Cc2ccc(-c3cccc(Cl)c3)cc2)CC(O)C(=O)OCC(F)(F)C(F)(F)F)cc1N(N)O.